The van der Waals surface area contributed by atoms with E-state index in [9.17, 15) is 5.11 Å². The Kier molecular flexibility index (Phi) is 5.63. The Morgan fingerprint density at radius 3 is 2.61 bits per heavy atom. The molecule has 1 rings (SSSR count). The maximum absolute atomic E-state index is 10.1. The van der Waals surface area contributed by atoms with Gasteiger partial charge in [0.2, 0.25) is 0 Å². The number of benzene rings is 1. The lowest BCUT2D eigenvalue weighted by molar-refractivity contribution is 0.0140. The Labute approximate surface area is 118 Å². The van der Waals surface area contributed by atoms with Crippen LogP contribution in [0, 0.1) is 5.92 Å². The summed E-state index contributed by atoms with van der Waals surface area (Å²) in [5.74, 6) is 1.06. The number of ether oxygens (including phenoxy) is 1. The second-order valence-corrected chi connectivity index (χ2v) is 5.94. The molecule has 18 heavy (non-hydrogen) atoms. The summed E-state index contributed by atoms with van der Waals surface area (Å²) in [5, 5.41) is 13.4. The van der Waals surface area contributed by atoms with Crippen LogP contribution in [0.15, 0.2) is 22.7 Å². The number of nitrogens with one attached hydrogen (secondary N) is 1. The van der Waals surface area contributed by atoms with Gasteiger partial charge in [0, 0.05) is 13.1 Å². The molecule has 102 valence electrons. The van der Waals surface area contributed by atoms with Crippen molar-refractivity contribution in [1.82, 2.24) is 5.32 Å². The third kappa shape index (κ3) is 4.26. The van der Waals surface area contributed by atoms with E-state index in [0.29, 0.717) is 6.54 Å². The molecule has 0 aliphatic carbocycles. The summed E-state index contributed by atoms with van der Waals surface area (Å²) in [7, 11) is 1.65. The van der Waals surface area contributed by atoms with Crippen LogP contribution in [0.3, 0.4) is 0 Å². The average Bonchev–Trinajstić information content (AvgIpc) is 2.29. The molecule has 1 unspecified atom stereocenters. The molecular weight excluding hydrogens is 294 g/mol. The van der Waals surface area contributed by atoms with Crippen molar-refractivity contribution in [2.75, 3.05) is 13.7 Å². The van der Waals surface area contributed by atoms with Crippen molar-refractivity contribution in [3.8, 4) is 5.75 Å². The molecule has 1 aromatic rings. The fraction of sp³-hybridized carbons (Fsp3) is 0.571. The molecule has 0 aromatic heterocycles. The predicted octanol–water partition coefficient (Wildman–Crippen LogP) is 2.95. The lowest BCUT2D eigenvalue weighted by Crippen LogP contribution is -2.41. The van der Waals surface area contributed by atoms with Crippen molar-refractivity contribution in [2.24, 2.45) is 5.92 Å². The van der Waals surface area contributed by atoms with Crippen molar-refractivity contribution < 1.29 is 9.84 Å². The monoisotopic (exact) mass is 315 g/mol. The van der Waals surface area contributed by atoms with Crippen molar-refractivity contribution in [3.05, 3.63) is 28.2 Å². The highest BCUT2D eigenvalue weighted by Crippen LogP contribution is 2.25. The van der Waals surface area contributed by atoms with Crippen molar-refractivity contribution in [3.63, 3.8) is 0 Å². The SMILES string of the molecule is COc1ccc(CNCC(C)(O)C(C)C)cc1Br. The van der Waals surface area contributed by atoms with Gasteiger partial charge in [0.15, 0.2) is 0 Å². The molecule has 0 spiro atoms. The lowest BCUT2D eigenvalue weighted by atomic mass is 9.92. The molecule has 0 bridgehead atoms. The van der Waals surface area contributed by atoms with Gasteiger partial charge in [0.05, 0.1) is 17.2 Å². The average molecular weight is 316 g/mol. The molecule has 4 heteroatoms. The van der Waals surface area contributed by atoms with Crippen LogP contribution < -0.4 is 10.1 Å². The van der Waals surface area contributed by atoms with Crippen LogP contribution in [0.5, 0.6) is 5.75 Å². The summed E-state index contributed by atoms with van der Waals surface area (Å²) in [4.78, 5) is 0. The van der Waals surface area contributed by atoms with Crippen LogP contribution in [-0.2, 0) is 6.54 Å². The van der Waals surface area contributed by atoms with Gasteiger partial charge in [0.1, 0.15) is 5.75 Å². The fourth-order valence-corrected chi connectivity index (χ4v) is 2.07. The highest BCUT2D eigenvalue weighted by atomic mass is 79.9. The lowest BCUT2D eigenvalue weighted by Gasteiger charge is -2.28. The Morgan fingerprint density at radius 2 is 2.11 bits per heavy atom. The van der Waals surface area contributed by atoms with E-state index in [2.05, 4.69) is 21.2 Å². The van der Waals surface area contributed by atoms with Crippen molar-refractivity contribution >= 4 is 15.9 Å². The Bertz CT molecular complexity index is 391. The smallest absolute Gasteiger partial charge is 0.133 e. The molecular formula is C14H22BrNO2. The minimum Gasteiger partial charge on any atom is -0.496 e. The number of aliphatic hydroxyl groups is 1. The number of rotatable bonds is 6. The maximum atomic E-state index is 10.1. The van der Waals surface area contributed by atoms with E-state index in [-0.39, 0.29) is 5.92 Å². The molecule has 0 fully saturated rings. The predicted molar refractivity (Wildman–Crippen MR) is 77.9 cm³/mol. The van der Waals surface area contributed by atoms with Crippen LogP contribution in [0.25, 0.3) is 0 Å². The van der Waals surface area contributed by atoms with Crippen LogP contribution in [0.2, 0.25) is 0 Å². The molecule has 1 atom stereocenters. The first-order valence-electron chi connectivity index (χ1n) is 6.12. The summed E-state index contributed by atoms with van der Waals surface area (Å²) in [6, 6.07) is 5.97. The molecule has 1 aromatic carbocycles. The molecule has 0 amide bonds. The summed E-state index contributed by atoms with van der Waals surface area (Å²) in [6.07, 6.45) is 0. The van der Waals surface area contributed by atoms with E-state index in [1.165, 1.54) is 0 Å². The van der Waals surface area contributed by atoms with Crippen LogP contribution in [0.4, 0.5) is 0 Å². The summed E-state index contributed by atoms with van der Waals surface area (Å²) < 4.78 is 6.13. The first-order chi connectivity index (χ1) is 8.36. The Balaban J connectivity index is 2.52. The molecule has 3 nitrogen and oxygen atoms in total. The van der Waals surface area contributed by atoms with Gasteiger partial charge in [-0.1, -0.05) is 19.9 Å². The van der Waals surface area contributed by atoms with Gasteiger partial charge in [0.25, 0.3) is 0 Å². The molecule has 2 N–H and O–H groups in total. The number of hydrogen-bond acceptors (Lipinski definition) is 3. The molecule has 0 radical (unpaired) electrons. The van der Waals surface area contributed by atoms with Crippen LogP contribution >= 0.6 is 15.9 Å². The number of halogens is 1. The maximum Gasteiger partial charge on any atom is 0.133 e. The zero-order chi connectivity index (χ0) is 13.8. The van der Waals surface area contributed by atoms with Gasteiger partial charge < -0.3 is 15.2 Å². The zero-order valence-electron chi connectivity index (χ0n) is 11.5. The topological polar surface area (TPSA) is 41.5 Å². The third-order valence-electron chi connectivity index (χ3n) is 3.27. The largest absolute Gasteiger partial charge is 0.496 e. The van der Waals surface area contributed by atoms with Gasteiger partial charge in [-0.3, -0.25) is 0 Å². The highest BCUT2D eigenvalue weighted by molar-refractivity contribution is 9.10. The Morgan fingerprint density at radius 1 is 1.44 bits per heavy atom. The molecule has 0 saturated heterocycles. The van der Waals surface area contributed by atoms with E-state index in [4.69, 9.17) is 4.74 Å². The third-order valence-corrected chi connectivity index (χ3v) is 3.89. The van der Waals surface area contributed by atoms with Gasteiger partial charge in [-0.15, -0.1) is 0 Å². The molecule has 0 aliphatic heterocycles. The normalized spacial score (nSPS) is 14.6. The van der Waals surface area contributed by atoms with Crippen molar-refractivity contribution in [1.29, 1.82) is 0 Å². The van der Waals surface area contributed by atoms with E-state index in [0.717, 1.165) is 22.3 Å². The zero-order valence-corrected chi connectivity index (χ0v) is 13.0. The van der Waals surface area contributed by atoms with Gasteiger partial charge in [-0.2, -0.15) is 0 Å². The van der Waals surface area contributed by atoms with E-state index in [1.54, 1.807) is 7.11 Å². The van der Waals surface area contributed by atoms with E-state index in [1.807, 2.05) is 39.0 Å². The number of methoxy groups -OCH3 is 1. The summed E-state index contributed by atoms with van der Waals surface area (Å²) in [5.41, 5.74) is 0.478. The van der Waals surface area contributed by atoms with Gasteiger partial charge >= 0.3 is 0 Å². The second kappa shape index (κ2) is 6.55. The molecule has 0 aliphatic rings. The first kappa shape index (κ1) is 15.5. The van der Waals surface area contributed by atoms with E-state index < -0.39 is 5.60 Å². The van der Waals surface area contributed by atoms with Crippen LogP contribution in [-0.4, -0.2) is 24.4 Å². The fourth-order valence-electron chi connectivity index (χ4n) is 1.48. The minimum absolute atomic E-state index is 0.229. The molecule has 0 saturated carbocycles. The first-order valence-corrected chi connectivity index (χ1v) is 6.91. The standard InChI is InChI=1S/C14H22BrNO2/c1-10(2)14(3,17)9-16-8-11-5-6-13(18-4)12(15)7-11/h5-7,10,16-17H,8-9H2,1-4H3. The summed E-state index contributed by atoms with van der Waals surface area (Å²) >= 11 is 3.46. The molecule has 0 heterocycles. The van der Waals surface area contributed by atoms with Crippen molar-refractivity contribution in [2.45, 2.75) is 32.9 Å². The van der Waals surface area contributed by atoms with Crippen LogP contribution in [0.1, 0.15) is 26.3 Å². The minimum atomic E-state index is -0.677. The summed E-state index contributed by atoms with van der Waals surface area (Å²) in [6.45, 7) is 7.20. The Hall–Kier alpha value is -0.580. The van der Waals surface area contributed by atoms with E-state index >= 15 is 0 Å². The van der Waals surface area contributed by atoms with Gasteiger partial charge in [-0.05, 0) is 46.5 Å². The quantitative estimate of drug-likeness (QED) is 0.848. The van der Waals surface area contributed by atoms with Gasteiger partial charge in [-0.25, -0.2) is 0 Å². The highest BCUT2D eigenvalue weighted by Gasteiger charge is 2.23. The number of hydrogen-bond donors (Lipinski definition) is 2. The second-order valence-electron chi connectivity index (χ2n) is 5.08.